The van der Waals surface area contributed by atoms with Crippen LogP contribution in [0, 0.1) is 0 Å². The van der Waals surface area contributed by atoms with Crippen molar-refractivity contribution in [2.75, 3.05) is 0 Å². The fourth-order valence-electron chi connectivity index (χ4n) is 15.3. The van der Waals surface area contributed by atoms with Gasteiger partial charge in [0, 0.05) is 68.4 Å². The first-order chi connectivity index (χ1) is 40.0. The minimum atomic E-state index is 0.794. The van der Waals surface area contributed by atoms with Gasteiger partial charge in [-0.1, -0.05) is 96.9 Å². The van der Waals surface area contributed by atoms with Gasteiger partial charge in [-0.05, 0) is 232 Å². The number of aromatic nitrogens is 8. The summed E-state index contributed by atoms with van der Waals surface area (Å²) >= 11 is 0. The SMILES string of the molecule is CCC1=C(CC)c2nc1cc1ccc(cc3c(CC)c(CC)c(c(CCc4c5nc(c(CC)c6nc(cc7ccc(cc8c(CC)c(CC)c4n8CC)[nH]7)C(CC)=C6CC)C(CC)=C5CC)c4nc(c2CC)C(CC)=C4CC)n3CC)[nH]1. The molecule has 0 amide bonds. The molecule has 2 N–H and O–H groups in total. The van der Waals surface area contributed by atoms with E-state index in [0.29, 0.717) is 0 Å². The Labute approximate surface area is 490 Å². The van der Waals surface area contributed by atoms with E-state index in [0.717, 1.165) is 172 Å². The second-order valence-electron chi connectivity index (χ2n) is 22.7. The van der Waals surface area contributed by atoms with Gasteiger partial charge in [-0.3, -0.25) is 0 Å². The number of H-pyrrole nitrogens is 2. The third-order valence-corrected chi connectivity index (χ3v) is 18.9. The normalized spacial score (nSPS) is 13.8. The quantitative estimate of drug-likeness (QED) is 0.0845. The molecule has 0 fully saturated rings. The summed E-state index contributed by atoms with van der Waals surface area (Å²) in [5.41, 5.74) is 40.7. The first-order valence-corrected chi connectivity index (χ1v) is 32.4. The maximum Gasteiger partial charge on any atom is 0.0726 e. The highest BCUT2D eigenvalue weighted by molar-refractivity contribution is 6.01. The van der Waals surface area contributed by atoms with E-state index in [2.05, 4.69) is 178 Å². The highest BCUT2D eigenvalue weighted by Crippen LogP contribution is 2.47. The van der Waals surface area contributed by atoms with E-state index >= 15 is 0 Å². The van der Waals surface area contributed by atoms with E-state index in [4.69, 9.17) is 19.9 Å². The molecule has 16 bridgehead atoms. The van der Waals surface area contributed by atoms with E-state index in [1.54, 1.807) is 0 Å². The van der Waals surface area contributed by atoms with Gasteiger partial charge in [0.2, 0.25) is 0 Å². The molecule has 0 aromatic carbocycles. The number of fused-ring (bicyclic) bond motifs is 16. The van der Waals surface area contributed by atoms with Gasteiger partial charge in [0.15, 0.2) is 0 Å². The summed E-state index contributed by atoms with van der Waals surface area (Å²) in [6.07, 6.45) is 14.3. The van der Waals surface area contributed by atoms with Crippen molar-refractivity contribution in [1.82, 2.24) is 39.0 Å². The number of hydrogen-bond acceptors (Lipinski definition) is 4. The molecule has 0 saturated heterocycles. The molecule has 82 heavy (non-hydrogen) atoms. The summed E-state index contributed by atoms with van der Waals surface area (Å²) in [5, 5.41) is 0. The van der Waals surface area contributed by atoms with E-state index in [-0.39, 0.29) is 0 Å². The monoisotopic (exact) mass is 1090 g/mol. The van der Waals surface area contributed by atoms with Crippen molar-refractivity contribution in [2.24, 2.45) is 0 Å². The van der Waals surface area contributed by atoms with Gasteiger partial charge in [-0.2, -0.15) is 0 Å². The highest BCUT2D eigenvalue weighted by atomic mass is 15.0. The smallest absolute Gasteiger partial charge is 0.0726 e. The Balaban J connectivity index is 1.43. The molecule has 6 aromatic heterocycles. The van der Waals surface area contributed by atoms with Crippen LogP contribution in [0.4, 0.5) is 0 Å². The lowest BCUT2D eigenvalue weighted by molar-refractivity contribution is 0.803. The lowest BCUT2D eigenvalue weighted by Crippen LogP contribution is -2.07. The summed E-state index contributed by atoms with van der Waals surface area (Å²) < 4.78 is 5.35. The summed E-state index contributed by atoms with van der Waals surface area (Å²) in [7, 11) is 0. The van der Waals surface area contributed by atoms with Crippen LogP contribution in [0.15, 0.2) is 48.5 Å². The van der Waals surface area contributed by atoms with Gasteiger partial charge in [0.25, 0.3) is 0 Å². The maximum atomic E-state index is 6.16. The van der Waals surface area contributed by atoms with Crippen LogP contribution in [-0.2, 0) is 64.5 Å². The first-order valence-electron chi connectivity index (χ1n) is 32.4. The van der Waals surface area contributed by atoms with E-state index in [1.165, 1.54) is 123 Å². The first kappa shape index (κ1) is 58.4. The van der Waals surface area contributed by atoms with Crippen molar-refractivity contribution >= 4 is 88.7 Å². The van der Waals surface area contributed by atoms with Crippen molar-refractivity contribution < 1.29 is 0 Å². The second kappa shape index (κ2) is 24.6. The number of rotatable bonds is 19. The van der Waals surface area contributed by atoms with Crippen LogP contribution in [0.2, 0.25) is 0 Å². The topological polar surface area (TPSA) is 93.0 Å². The predicted octanol–water partition coefficient (Wildman–Crippen LogP) is 20.0. The molecule has 0 radical (unpaired) electrons. The Bertz CT molecular complexity index is 3730. The van der Waals surface area contributed by atoms with Crippen molar-refractivity contribution in [3.05, 3.63) is 139 Å². The van der Waals surface area contributed by atoms with Crippen LogP contribution >= 0.6 is 0 Å². The second-order valence-corrected chi connectivity index (χ2v) is 22.7. The molecule has 8 heteroatoms. The van der Waals surface area contributed by atoms with Crippen molar-refractivity contribution in [3.8, 4) is 0 Å². The Morgan fingerprint density at radius 2 is 0.549 bits per heavy atom. The fraction of sp³-hybridized carbons (Fsp3) is 0.459. The van der Waals surface area contributed by atoms with Gasteiger partial charge >= 0.3 is 0 Å². The lowest BCUT2D eigenvalue weighted by Gasteiger charge is -2.16. The van der Waals surface area contributed by atoms with Crippen molar-refractivity contribution in [3.63, 3.8) is 0 Å². The zero-order chi connectivity index (χ0) is 58.3. The van der Waals surface area contributed by atoms with Crippen LogP contribution in [0.3, 0.4) is 0 Å². The fourth-order valence-corrected chi connectivity index (χ4v) is 15.3. The van der Waals surface area contributed by atoms with Gasteiger partial charge in [-0.15, -0.1) is 0 Å². The Morgan fingerprint density at radius 1 is 0.280 bits per heavy atom. The molecule has 0 spiro atoms. The molecule has 0 aliphatic carbocycles. The molecule has 10 heterocycles. The number of nitrogens with zero attached hydrogens (tertiary/aromatic N) is 6. The van der Waals surface area contributed by atoms with Gasteiger partial charge in [0.1, 0.15) is 0 Å². The molecule has 430 valence electrons. The molecule has 10 rings (SSSR count). The molecule has 8 nitrogen and oxygen atoms in total. The third-order valence-electron chi connectivity index (χ3n) is 18.9. The summed E-state index contributed by atoms with van der Waals surface area (Å²) in [5.74, 6) is 0. The Morgan fingerprint density at radius 3 is 0.829 bits per heavy atom. The number of aromatic amines is 2. The Hall–Kier alpha value is -6.80. The maximum absolute atomic E-state index is 6.16. The average Bonchev–Trinajstić information content (AvgIpc) is 4.51. The summed E-state index contributed by atoms with van der Waals surface area (Å²) in [6.45, 7) is 39.2. The number of aryl methyl sites for hydroxylation is 8. The molecule has 0 saturated carbocycles. The van der Waals surface area contributed by atoms with E-state index < -0.39 is 0 Å². The number of hydrogen-bond donors (Lipinski definition) is 2. The molecule has 4 aliphatic heterocycles. The third kappa shape index (κ3) is 9.52. The number of nitrogens with one attached hydrogen (secondary N) is 2. The van der Waals surface area contributed by atoms with Crippen LogP contribution in [0.1, 0.15) is 252 Å². The number of allylic oxidation sites excluding steroid dienone is 8. The standard InChI is InChI=1S/C74H94N8/c1-17-47-51(21-5)67-59(29-13)69-53(23-7)55(25-9)71(79-69)61(73-57(27-11)49(19-3)65(81(73)31-15)41-45-35-33-43(75-45)39-63(47)77-67)37-38-62-72-56(26-10)54(24-8)70(80-72)60(30-14)68-52(22-6)48(18-2)64(78-68)40-44-34-36-46(76-44)42-66-50(20-4)58(28-12)74(62)82(66)32-16/h33-36,39-42,75-76H,17-32,37-38H2,1-16H3. The molecular formula is C74H94N8. The summed E-state index contributed by atoms with van der Waals surface area (Å²) in [6, 6.07) is 18.5. The largest absolute Gasteiger partial charge is 0.355 e. The van der Waals surface area contributed by atoms with Crippen LogP contribution in [-0.4, -0.2) is 39.0 Å². The van der Waals surface area contributed by atoms with Crippen molar-refractivity contribution in [2.45, 2.75) is 227 Å². The Kier molecular flexibility index (Phi) is 17.5. The van der Waals surface area contributed by atoms with Gasteiger partial charge in [0.05, 0.1) is 56.6 Å². The van der Waals surface area contributed by atoms with Gasteiger partial charge in [-0.25, -0.2) is 19.9 Å². The molecule has 0 atom stereocenters. The van der Waals surface area contributed by atoms with Gasteiger partial charge < -0.3 is 19.1 Å². The molecule has 6 aromatic rings. The highest BCUT2D eigenvalue weighted by Gasteiger charge is 2.32. The van der Waals surface area contributed by atoms with E-state index in [9.17, 15) is 0 Å². The zero-order valence-corrected chi connectivity index (χ0v) is 53.0. The lowest BCUT2D eigenvalue weighted by atomic mass is 9.89. The van der Waals surface area contributed by atoms with Crippen LogP contribution < -0.4 is 0 Å². The van der Waals surface area contributed by atoms with E-state index in [1.807, 2.05) is 0 Å². The van der Waals surface area contributed by atoms with Crippen molar-refractivity contribution in [1.29, 1.82) is 0 Å². The van der Waals surface area contributed by atoms with Crippen LogP contribution in [0.5, 0.6) is 0 Å². The van der Waals surface area contributed by atoms with Crippen LogP contribution in [0.25, 0.3) is 88.7 Å². The predicted molar refractivity (Wildman–Crippen MR) is 354 cm³/mol. The minimum absolute atomic E-state index is 0.794. The average molecular weight is 1100 g/mol. The minimum Gasteiger partial charge on any atom is -0.355 e. The zero-order valence-electron chi connectivity index (χ0n) is 53.0. The summed E-state index contributed by atoms with van der Waals surface area (Å²) in [4.78, 5) is 31.3. The molecular weight excluding hydrogens is 1000 g/mol. The molecule has 0 unspecified atom stereocenters. The molecule has 4 aliphatic rings.